The normalized spacial score (nSPS) is 26.0. The van der Waals surface area contributed by atoms with Crippen LogP contribution in [0.3, 0.4) is 0 Å². The first-order valence-electron chi connectivity index (χ1n) is 8.01. The summed E-state index contributed by atoms with van der Waals surface area (Å²) in [6.45, 7) is 15.1. The molecule has 21 heavy (non-hydrogen) atoms. The third-order valence-corrected chi connectivity index (χ3v) is 6.47. The lowest BCUT2D eigenvalue weighted by Gasteiger charge is -2.46. The monoisotopic (exact) mass is 372 g/mol. The Morgan fingerprint density at radius 1 is 1.48 bits per heavy atom. The fourth-order valence-corrected chi connectivity index (χ4v) is 4.53. The van der Waals surface area contributed by atoms with Crippen LogP contribution in [0.5, 0.6) is 0 Å². The van der Waals surface area contributed by atoms with Gasteiger partial charge in [-0.15, -0.1) is 11.3 Å². The zero-order valence-corrected chi connectivity index (χ0v) is 16.4. The standard InChI is InChI=1S/C17H29BrN2S/c1-6-12(2)15-8-19-16(17(3,4)5)10-20(15)9-14-7-13(18)11-21-14/h7,11-12,15-16,19H,6,8-10H2,1-5H3. The minimum Gasteiger partial charge on any atom is -0.311 e. The summed E-state index contributed by atoms with van der Waals surface area (Å²) in [5.41, 5.74) is 0.314. The lowest BCUT2D eigenvalue weighted by molar-refractivity contribution is 0.0530. The molecule has 0 radical (unpaired) electrons. The molecule has 3 atom stereocenters. The summed E-state index contributed by atoms with van der Waals surface area (Å²) in [5, 5.41) is 5.99. The highest BCUT2D eigenvalue weighted by molar-refractivity contribution is 9.10. The summed E-state index contributed by atoms with van der Waals surface area (Å²) < 4.78 is 1.21. The van der Waals surface area contributed by atoms with Gasteiger partial charge < -0.3 is 5.32 Å². The number of halogens is 1. The van der Waals surface area contributed by atoms with Crippen LogP contribution in [0.1, 0.15) is 45.9 Å². The number of hydrogen-bond acceptors (Lipinski definition) is 3. The summed E-state index contributed by atoms with van der Waals surface area (Å²) in [4.78, 5) is 4.17. The van der Waals surface area contributed by atoms with Crippen LogP contribution < -0.4 is 5.32 Å². The lowest BCUT2D eigenvalue weighted by atomic mass is 9.83. The van der Waals surface area contributed by atoms with Crippen molar-refractivity contribution in [3.05, 3.63) is 20.8 Å². The van der Waals surface area contributed by atoms with Gasteiger partial charge in [-0.25, -0.2) is 0 Å². The van der Waals surface area contributed by atoms with Crippen molar-refractivity contribution in [2.75, 3.05) is 13.1 Å². The Hall–Kier alpha value is 0.1000. The van der Waals surface area contributed by atoms with E-state index in [4.69, 9.17) is 0 Å². The quantitative estimate of drug-likeness (QED) is 0.820. The second-order valence-electron chi connectivity index (χ2n) is 7.44. The molecule has 0 saturated carbocycles. The zero-order valence-electron chi connectivity index (χ0n) is 13.9. The van der Waals surface area contributed by atoms with Crippen LogP contribution in [-0.2, 0) is 6.54 Å². The predicted octanol–water partition coefficient (Wildman–Crippen LogP) is 4.75. The van der Waals surface area contributed by atoms with E-state index in [1.165, 1.54) is 15.8 Å². The molecule has 2 heterocycles. The summed E-state index contributed by atoms with van der Waals surface area (Å²) in [5.74, 6) is 0.738. The van der Waals surface area contributed by atoms with Crippen molar-refractivity contribution in [2.45, 2.75) is 59.7 Å². The van der Waals surface area contributed by atoms with Crippen LogP contribution >= 0.6 is 27.3 Å². The molecule has 1 saturated heterocycles. The lowest BCUT2D eigenvalue weighted by Crippen LogP contribution is -2.61. The molecule has 0 amide bonds. The van der Waals surface area contributed by atoms with Crippen LogP contribution in [0.25, 0.3) is 0 Å². The van der Waals surface area contributed by atoms with Crippen molar-refractivity contribution in [2.24, 2.45) is 11.3 Å². The van der Waals surface area contributed by atoms with Gasteiger partial charge in [0.2, 0.25) is 0 Å². The Labute approximate surface area is 142 Å². The highest BCUT2D eigenvalue weighted by Crippen LogP contribution is 2.29. The Bertz CT molecular complexity index is 452. The molecular weight excluding hydrogens is 344 g/mol. The van der Waals surface area contributed by atoms with Crippen molar-refractivity contribution in [3.63, 3.8) is 0 Å². The summed E-state index contributed by atoms with van der Waals surface area (Å²) in [6, 6.07) is 3.49. The molecule has 0 spiro atoms. The van der Waals surface area contributed by atoms with Gasteiger partial charge in [0, 0.05) is 46.4 Å². The number of thiophene rings is 1. The van der Waals surface area contributed by atoms with E-state index in [2.05, 4.69) is 72.2 Å². The molecule has 0 bridgehead atoms. The number of hydrogen-bond donors (Lipinski definition) is 1. The van der Waals surface area contributed by atoms with E-state index in [9.17, 15) is 0 Å². The van der Waals surface area contributed by atoms with Crippen molar-refractivity contribution in [1.29, 1.82) is 0 Å². The van der Waals surface area contributed by atoms with Gasteiger partial charge in [-0.2, -0.15) is 0 Å². The topological polar surface area (TPSA) is 15.3 Å². The van der Waals surface area contributed by atoms with E-state index in [1.807, 2.05) is 11.3 Å². The van der Waals surface area contributed by atoms with Gasteiger partial charge in [-0.1, -0.05) is 41.0 Å². The number of nitrogens with one attached hydrogen (secondary N) is 1. The van der Waals surface area contributed by atoms with E-state index >= 15 is 0 Å². The molecule has 2 nitrogen and oxygen atoms in total. The number of piperazine rings is 1. The Morgan fingerprint density at radius 2 is 2.19 bits per heavy atom. The molecule has 0 aromatic carbocycles. The zero-order chi connectivity index (χ0) is 15.6. The first-order valence-corrected chi connectivity index (χ1v) is 9.69. The molecule has 1 aliphatic rings. The minimum atomic E-state index is 0.314. The fourth-order valence-electron chi connectivity index (χ4n) is 3.06. The van der Waals surface area contributed by atoms with Crippen molar-refractivity contribution in [1.82, 2.24) is 10.2 Å². The van der Waals surface area contributed by atoms with Gasteiger partial charge >= 0.3 is 0 Å². The Kier molecular flexibility index (Phi) is 5.91. The smallest absolute Gasteiger partial charge is 0.0332 e. The van der Waals surface area contributed by atoms with Crippen LogP contribution in [0.4, 0.5) is 0 Å². The van der Waals surface area contributed by atoms with Gasteiger partial charge in [0.1, 0.15) is 0 Å². The largest absolute Gasteiger partial charge is 0.311 e. The number of nitrogens with zero attached hydrogens (tertiary/aromatic N) is 1. The molecule has 1 aromatic heterocycles. The molecule has 3 unspecified atom stereocenters. The van der Waals surface area contributed by atoms with E-state index < -0.39 is 0 Å². The first kappa shape index (κ1) is 17.5. The molecular formula is C17H29BrN2S. The summed E-state index contributed by atoms with van der Waals surface area (Å²) >= 11 is 5.44. The van der Waals surface area contributed by atoms with Gasteiger partial charge in [-0.3, -0.25) is 4.90 Å². The van der Waals surface area contributed by atoms with E-state index in [0.717, 1.165) is 25.6 Å². The molecule has 1 aliphatic heterocycles. The average molecular weight is 373 g/mol. The maximum Gasteiger partial charge on any atom is 0.0332 e. The van der Waals surface area contributed by atoms with Crippen LogP contribution in [0.2, 0.25) is 0 Å². The first-order chi connectivity index (χ1) is 9.81. The van der Waals surface area contributed by atoms with E-state index in [-0.39, 0.29) is 0 Å². The maximum absolute atomic E-state index is 3.80. The second kappa shape index (κ2) is 7.12. The van der Waals surface area contributed by atoms with Crippen molar-refractivity contribution < 1.29 is 0 Å². The van der Waals surface area contributed by atoms with Crippen molar-refractivity contribution in [3.8, 4) is 0 Å². The SMILES string of the molecule is CCC(C)C1CNC(C(C)(C)C)CN1Cc1cc(Br)cs1. The van der Waals surface area contributed by atoms with Crippen LogP contribution in [-0.4, -0.2) is 30.1 Å². The maximum atomic E-state index is 3.80. The average Bonchev–Trinajstić information content (AvgIpc) is 2.82. The molecule has 4 heteroatoms. The molecule has 120 valence electrons. The molecule has 1 N–H and O–H groups in total. The number of rotatable bonds is 4. The Balaban J connectivity index is 2.12. The van der Waals surface area contributed by atoms with Gasteiger partial charge in [0.05, 0.1) is 0 Å². The predicted molar refractivity (Wildman–Crippen MR) is 96.9 cm³/mol. The van der Waals surface area contributed by atoms with Crippen LogP contribution in [0.15, 0.2) is 15.9 Å². The van der Waals surface area contributed by atoms with Gasteiger partial charge in [0.15, 0.2) is 0 Å². The summed E-state index contributed by atoms with van der Waals surface area (Å²) in [7, 11) is 0. The van der Waals surface area contributed by atoms with E-state index in [0.29, 0.717) is 17.5 Å². The fraction of sp³-hybridized carbons (Fsp3) is 0.765. The van der Waals surface area contributed by atoms with Gasteiger partial charge in [-0.05, 0) is 33.3 Å². The molecule has 1 aromatic rings. The highest BCUT2D eigenvalue weighted by Gasteiger charge is 2.35. The van der Waals surface area contributed by atoms with Crippen LogP contribution in [0, 0.1) is 11.3 Å². The minimum absolute atomic E-state index is 0.314. The molecule has 2 rings (SSSR count). The third-order valence-electron chi connectivity index (χ3n) is 4.79. The second-order valence-corrected chi connectivity index (χ2v) is 9.35. The Morgan fingerprint density at radius 3 is 2.71 bits per heavy atom. The highest BCUT2D eigenvalue weighted by atomic mass is 79.9. The third kappa shape index (κ3) is 4.54. The summed E-state index contributed by atoms with van der Waals surface area (Å²) in [6.07, 6.45) is 1.25. The molecule has 1 fully saturated rings. The van der Waals surface area contributed by atoms with Gasteiger partial charge in [0.25, 0.3) is 0 Å². The molecule has 0 aliphatic carbocycles. The van der Waals surface area contributed by atoms with Crippen molar-refractivity contribution >= 4 is 27.3 Å². The van der Waals surface area contributed by atoms with E-state index in [1.54, 1.807) is 0 Å².